The van der Waals surface area contributed by atoms with E-state index in [0.717, 1.165) is 24.5 Å². The summed E-state index contributed by atoms with van der Waals surface area (Å²) < 4.78 is 11.5. The molecule has 0 saturated heterocycles. The van der Waals surface area contributed by atoms with Gasteiger partial charge >= 0.3 is 0 Å². The third-order valence-electron chi connectivity index (χ3n) is 5.77. The third-order valence-corrected chi connectivity index (χ3v) is 5.77. The van der Waals surface area contributed by atoms with Crippen LogP contribution in [0, 0.1) is 11.3 Å². The molecule has 1 aliphatic carbocycles. The number of benzene rings is 2. The maximum absolute atomic E-state index is 12.8. The van der Waals surface area contributed by atoms with Crippen molar-refractivity contribution in [2.24, 2.45) is 11.3 Å². The second-order valence-electron chi connectivity index (χ2n) is 8.89. The summed E-state index contributed by atoms with van der Waals surface area (Å²) in [6, 6.07) is 17.3. The van der Waals surface area contributed by atoms with Gasteiger partial charge in [-0.2, -0.15) is 0 Å². The van der Waals surface area contributed by atoms with Crippen molar-refractivity contribution in [1.82, 2.24) is 5.32 Å². The molecule has 0 radical (unpaired) electrons. The van der Waals surface area contributed by atoms with E-state index in [2.05, 4.69) is 26.1 Å². The second kappa shape index (κ2) is 9.82. The molecule has 156 valence electrons. The van der Waals surface area contributed by atoms with Gasteiger partial charge in [0.15, 0.2) is 0 Å². The summed E-state index contributed by atoms with van der Waals surface area (Å²) in [5.41, 5.74) is 0.933. The lowest BCUT2D eigenvalue weighted by atomic mass is 9.71. The average Bonchev–Trinajstić information content (AvgIpc) is 2.72. The van der Waals surface area contributed by atoms with E-state index in [4.69, 9.17) is 9.47 Å². The lowest BCUT2D eigenvalue weighted by Crippen LogP contribution is -2.39. The van der Waals surface area contributed by atoms with Gasteiger partial charge in [-0.1, -0.05) is 51.1 Å². The molecular formula is C25H33NO3. The Kier molecular flexibility index (Phi) is 7.18. The van der Waals surface area contributed by atoms with Gasteiger partial charge < -0.3 is 14.8 Å². The SMILES string of the molecule is CC(C)(C)C1CCC(NC(=O)c2ccccc2OCCOc2ccccc2)CC1. The molecule has 3 rings (SSSR count). The summed E-state index contributed by atoms with van der Waals surface area (Å²) in [5, 5.41) is 3.21. The molecule has 0 bridgehead atoms. The molecule has 1 saturated carbocycles. The smallest absolute Gasteiger partial charge is 0.255 e. The number of carbonyl (C=O) groups excluding carboxylic acids is 1. The first kappa shape index (κ1) is 21.2. The van der Waals surface area contributed by atoms with E-state index >= 15 is 0 Å². The first-order valence-electron chi connectivity index (χ1n) is 10.6. The molecule has 0 unspecified atom stereocenters. The predicted octanol–water partition coefficient (Wildman–Crippen LogP) is 5.48. The van der Waals surface area contributed by atoms with Crippen molar-refractivity contribution >= 4 is 5.91 Å². The fourth-order valence-corrected chi connectivity index (χ4v) is 3.97. The van der Waals surface area contributed by atoms with Crippen LogP contribution >= 0.6 is 0 Å². The summed E-state index contributed by atoms with van der Waals surface area (Å²) in [6.07, 6.45) is 4.43. The molecule has 2 aromatic carbocycles. The molecule has 1 N–H and O–H groups in total. The number of hydrogen-bond donors (Lipinski definition) is 1. The summed E-state index contributed by atoms with van der Waals surface area (Å²) in [4.78, 5) is 12.8. The number of carbonyl (C=O) groups is 1. The second-order valence-corrected chi connectivity index (χ2v) is 8.89. The molecule has 1 aliphatic rings. The molecule has 0 heterocycles. The zero-order valence-corrected chi connectivity index (χ0v) is 17.8. The molecular weight excluding hydrogens is 362 g/mol. The number of nitrogens with one attached hydrogen (secondary N) is 1. The van der Waals surface area contributed by atoms with Gasteiger partial charge in [0.05, 0.1) is 5.56 Å². The first-order chi connectivity index (χ1) is 13.9. The van der Waals surface area contributed by atoms with Crippen molar-refractivity contribution < 1.29 is 14.3 Å². The molecule has 0 aromatic heterocycles. The number of amides is 1. The molecule has 4 heteroatoms. The maximum Gasteiger partial charge on any atom is 0.255 e. The fourth-order valence-electron chi connectivity index (χ4n) is 3.97. The summed E-state index contributed by atoms with van der Waals surface area (Å²) >= 11 is 0. The number of hydrogen-bond acceptors (Lipinski definition) is 3. The summed E-state index contributed by atoms with van der Waals surface area (Å²) in [5.74, 6) is 2.10. The fraction of sp³-hybridized carbons (Fsp3) is 0.480. The Hall–Kier alpha value is -2.49. The van der Waals surface area contributed by atoms with Crippen molar-refractivity contribution in [3.05, 3.63) is 60.2 Å². The van der Waals surface area contributed by atoms with Crippen LogP contribution < -0.4 is 14.8 Å². The molecule has 2 aromatic rings. The highest BCUT2D eigenvalue weighted by Crippen LogP contribution is 2.37. The molecule has 0 atom stereocenters. The van der Waals surface area contributed by atoms with E-state index in [9.17, 15) is 4.79 Å². The Balaban J connectivity index is 1.50. The van der Waals surface area contributed by atoms with Gasteiger partial charge in [-0.05, 0) is 61.3 Å². The van der Waals surface area contributed by atoms with E-state index in [1.165, 1.54) is 12.8 Å². The van der Waals surface area contributed by atoms with Crippen LogP contribution in [0.1, 0.15) is 56.8 Å². The highest BCUT2D eigenvalue weighted by atomic mass is 16.5. The van der Waals surface area contributed by atoms with Crippen molar-refractivity contribution in [3.63, 3.8) is 0 Å². The van der Waals surface area contributed by atoms with E-state index in [1.54, 1.807) is 0 Å². The number of para-hydroxylation sites is 2. The van der Waals surface area contributed by atoms with Crippen LogP contribution in [0.25, 0.3) is 0 Å². The van der Waals surface area contributed by atoms with E-state index in [1.807, 2.05) is 54.6 Å². The molecule has 0 spiro atoms. The van der Waals surface area contributed by atoms with Gasteiger partial charge in [0.1, 0.15) is 24.7 Å². The molecule has 29 heavy (non-hydrogen) atoms. The quantitative estimate of drug-likeness (QED) is 0.632. The normalized spacial score (nSPS) is 19.4. The third kappa shape index (κ3) is 6.25. The zero-order chi connectivity index (χ0) is 20.7. The van der Waals surface area contributed by atoms with Gasteiger partial charge in [-0.25, -0.2) is 0 Å². The Labute approximate surface area is 174 Å². The number of rotatable bonds is 7. The average molecular weight is 396 g/mol. The highest BCUT2D eigenvalue weighted by Gasteiger charge is 2.30. The largest absolute Gasteiger partial charge is 0.490 e. The van der Waals surface area contributed by atoms with Gasteiger partial charge in [-0.15, -0.1) is 0 Å². The number of ether oxygens (including phenoxy) is 2. The molecule has 1 amide bonds. The monoisotopic (exact) mass is 395 g/mol. The maximum atomic E-state index is 12.8. The van der Waals surface area contributed by atoms with Crippen LogP contribution in [0.5, 0.6) is 11.5 Å². The highest BCUT2D eigenvalue weighted by molar-refractivity contribution is 5.97. The van der Waals surface area contributed by atoms with Gasteiger partial charge in [0.2, 0.25) is 0 Å². The standard InChI is InChI=1S/C25H33NO3/c1-25(2,3)19-13-15-20(16-14-19)26-24(27)22-11-7-8-12-23(22)29-18-17-28-21-9-5-4-6-10-21/h4-12,19-20H,13-18H2,1-3H3,(H,26,27). The Bertz CT molecular complexity index is 774. The van der Waals surface area contributed by atoms with Gasteiger partial charge in [0, 0.05) is 6.04 Å². The zero-order valence-electron chi connectivity index (χ0n) is 17.8. The van der Waals surface area contributed by atoms with Crippen molar-refractivity contribution in [3.8, 4) is 11.5 Å². The summed E-state index contributed by atoms with van der Waals surface area (Å²) in [6.45, 7) is 7.75. The van der Waals surface area contributed by atoms with Crippen molar-refractivity contribution in [2.75, 3.05) is 13.2 Å². The van der Waals surface area contributed by atoms with E-state index in [0.29, 0.717) is 29.9 Å². The van der Waals surface area contributed by atoms with Gasteiger partial charge in [0.25, 0.3) is 5.91 Å². The Morgan fingerprint density at radius 3 is 2.21 bits per heavy atom. The van der Waals surface area contributed by atoms with Crippen LogP contribution in [0.2, 0.25) is 0 Å². The molecule has 4 nitrogen and oxygen atoms in total. The topological polar surface area (TPSA) is 47.6 Å². The predicted molar refractivity (Wildman–Crippen MR) is 117 cm³/mol. The molecule has 0 aliphatic heterocycles. The van der Waals surface area contributed by atoms with Crippen LogP contribution in [0.4, 0.5) is 0 Å². The lowest BCUT2D eigenvalue weighted by Gasteiger charge is -2.37. The van der Waals surface area contributed by atoms with Crippen molar-refractivity contribution in [2.45, 2.75) is 52.5 Å². The van der Waals surface area contributed by atoms with Crippen LogP contribution in [-0.4, -0.2) is 25.2 Å². The van der Waals surface area contributed by atoms with E-state index < -0.39 is 0 Å². The molecule has 1 fully saturated rings. The summed E-state index contributed by atoms with van der Waals surface area (Å²) in [7, 11) is 0. The minimum Gasteiger partial charge on any atom is -0.490 e. The van der Waals surface area contributed by atoms with E-state index in [-0.39, 0.29) is 11.9 Å². The Morgan fingerprint density at radius 2 is 1.52 bits per heavy atom. The van der Waals surface area contributed by atoms with Crippen LogP contribution in [0.15, 0.2) is 54.6 Å². The minimum atomic E-state index is -0.0520. The minimum absolute atomic E-state index is 0.0520. The Morgan fingerprint density at radius 1 is 0.897 bits per heavy atom. The van der Waals surface area contributed by atoms with Crippen LogP contribution in [0.3, 0.4) is 0 Å². The van der Waals surface area contributed by atoms with Gasteiger partial charge in [-0.3, -0.25) is 4.79 Å². The lowest BCUT2D eigenvalue weighted by molar-refractivity contribution is 0.0899. The van der Waals surface area contributed by atoms with Crippen LogP contribution in [-0.2, 0) is 0 Å². The van der Waals surface area contributed by atoms with Crippen molar-refractivity contribution in [1.29, 1.82) is 0 Å². The first-order valence-corrected chi connectivity index (χ1v) is 10.6.